The summed E-state index contributed by atoms with van der Waals surface area (Å²) >= 11 is 0. The van der Waals surface area contributed by atoms with Crippen molar-refractivity contribution in [3.63, 3.8) is 0 Å². The maximum Gasteiger partial charge on any atom is 0.329 e. The van der Waals surface area contributed by atoms with E-state index in [1.165, 1.54) is 4.34 Å². The van der Waals surface area contributed by atoms with E-state index >= 15 is 0 Å². The predicted octanol–water partition coefficient (Wildman–Crippen LogP) is 6.24. The van der Waals surface area contributed by atoms with Crippen LogP contribution in [0.25, 0.3) is 44.1 Å². The molecule has 2 atom stereocenters. The third kappa shape index (κ3) is 22.8. The monoisotopic (exact) mass is 2460 g/mol. The van der Waals surface area contributed by atoms with Crippen LogP contribution in [0, 0.1) is 12.7 Å². The first-order chi connectivity index (χ1) is 21.5. The van der Waals surface area contributed by atoms with Crippen molar-refractivity contribution in [2.24, 2.45) is 0 Å². The van der Waals surface area contributed by atoms with Crippen LogP contribution in [0.2, 0.25) is 0 Å². The van der Waals surface area contributed by atoms with Gasteiger partial charge in [0.25, 0.3) is 0 Å². The molecule has 4 N–H and O–H groups in total. The van der Waals surface area contributed by atoms with Gasteiger partial charge >= 0.3 is 11.4 Å². The average molecular weight is 2460 g/mol. The molecule has 10 nitrogen and oxygen atoms in total. The molecule has 0 radical (unpaired) electrons. The van der Waals surface area contributed by atoms with E-state index in [1.54, 1.807) is 4.34 Å². The average Bonchev–Trinajstić information content (AvgIpc) is 3.86. The smallest absolute Gasteiger partial charge is 0.329 e. The quantitative estimate of drug-likeness (QED) is 0.0814. The third-order valence-electron chi connectivity index (χ3n) is 5.74. The van der Waals surface area contributed by atoms with Gasteiger partial charge < -0.3 is 34.2 Å². The Hall–Kier alpha value is 1.58. The van der Waals surface area contributed by atoms with Gasteiger partial charge in [-0.2, -0.15) is 0 Å². The van der Waals surface area contributed by atoms with Crippen LogP contribution in [-0.2, 0) is 211 Å². The SMILES string of the molecule is C=C.C=C.O=c1[nH]c2ccccc2[nH]1.O=c1[nH]c2ccccc2n1P.Pn1[c-]nc2ccccc21.[W].[W].[W].[W].[W].[W].[W].[W].[W].[W].[c-]1nc2ccccc2[nH]1. The Morgan fingerprint density at radius 2 is 0.907 bits per heavy atom. The van der Waals surface area contributed by atoms with Gasteiger partial charge in [0.1, 0.15) is 0 Å². The normalized spacial score (nSPS) is 7.89. The van der Waals surface area contributed by atoms with Crippen LogP contribution >= 0.6 is 18.8 Å². The van der Waals surface area contributed by atoms with Crippen LogP contribution in [0.15, 0.2) is 133 Å². The third-order valence-corrected chi connectivity index (χ3v) is 6.64. The van der Waals surface area contributed by atoms with Crippen LogP contribution in [-0.4, -0.2) is 38.6 Å². The molecule has 0 saturated heterocycles. The van der Waals surface area contributed by atoms with Crippen molar-refractivity contribution in [2.75, 3.05) is 0 Å². The number of nitrogens with one attached hydrogen (secondary N) is 4. The second kappa shape index (κ2) is 41.3. The van der Waals surface area contributed by atoms with E-state index in [4.69, 9.17) is 0 Å². The van der Waals surface area contributed by atoms with Crippen molar-refractivity contribution < 1.29 is 211 Å². The van der Waals surface area contributed by atoms with Crippen molar-refractivity contribution in [3.8, 4) is 0 Å². The zero-order chi connectivity index (χ0) is 31.9. The minimum absolute atomic E-state index is 0. The van der Waals surface area contributed by atoms with E-state index in [9.17, 15) is 9.59 Å². The van der Waals surface area contributed by atoms with Crippen molar-refractivity contribution in [1.82, 2.24) is 38.6 Å². The van der Waals surface area contributed by atoms with Gasteiger partial charge in [-0.1, -0.05) is 80.0 Å². The number of fused-ring (bicyclic) bond motifs is 4. The molecular weight excluding hydrogens is 2430 g/mol. The van der Waals surface area contributed by atoms with Gasteiger partial charge in [0.2, 0.25) is 0 Å². The van der Waals surface area contributed by atoms with Crippen molar-refractivity contribution >= 4 is 62.9 Å². The first-order valence-corrected chi connectivity index (χ1v) is 14.1. The number of aromatic amines is 4. The molecule has 4 aromatic carbocycles. The minimum atomic E-state index is -0.152. The molecule has 4 aromatic heterocycles. The number of rotatable bonds is 0. The zero-order valence-corrected chi connectivity index (χ0v) is 59.6. The number of imidazole rings is 4. The second-order valence-electron chi connectivity index (χ2n) is 8.38. The van der Waals surface area contributed by atoms with Crippen molar-refractivity contribution in [2.45, 2.75) is 0 Å². The zero-order valence-electron chi connectivity index (χ0n) is 27.9. The first kappa shape index (κ1) is 73.1. The van der Waals surface area contributed by atoms with Gasteiger partial charge in [0.05, 0.1) is 22.1 Å². The van der Waals surface area contributed by atoms with E-state index < -0.39 is 0 Å². The van der Waals surface area contributed by atoms with Crippen LogP contribution in [0.4, 0.5) is 0 Å². The fourth-order valence-corrected chi connectivity index (χ4v) is 4.37. The Balaban J connectivity index is -0.0000000797. The van der Waals surface area contributed by atoms with Crippen molar-refractivity contribution in [1.29, 1.82) is 0 Å². The first-order valence-electron chi connectivity index (χ1n) is 13.0. The summed E-state index contributed by atoms with van der Waals surface area (Å²) in [5.41, 5.74) is 7.31. The summed E-state index contributed by atoms with van der Waals surface area (Å²) in [6.45, 7) is 12.0. The van der Waals surface area contributed by atoms with Gasteiger partial charge in [-0.3, -0.25) is 4.34 Å². The van der Waals surface area contributed by atoms with Gasteiger partial charge in [0.15, 0.2) is 0 Å². The van der Waals surface area contributed by atoms with Gasteiger partial charge in [-0.05, 0) is 40.0 Å². The Morgan fingerprint density at radius 1 is 0.500 bits per heavy atom. The Labute approximate surface area is 462 Å². The molecule has 0 fully saturated rings. The number of H-pyrrole nitrogens is 4. The number of aromatic nitrogens is 8. The summed E-state index contributed by atoms with van der Waals surface area (Å²) < 4.78 is 3.31. The van der Waals surface area contributed by atoms with Crippen molar-refractivity contribution in [3.05, 3.63) is 157 Å². The molecule has 8 aromatic rings. The number of hydrogen-bond acceptors (Lipinski definition) is 4. The fraction of sp³-hybridized carbons (Fsp3) is 0. The molecule has 0 aliphatic carbocycles. The second-order valence-corrected chi connectivity index (χ2v) is 9.41. The topological polar surface area (TPSA) is 133 Å². The summed E-state index contributed by atoms with van der Waals surface area (Å²) in [5.74, 6) is 0. The number of nitrogens with zero attached hydrogens (tertiary/aromatic N) is 4. The Kier molecular flexibility index (Phi) is 56.0. The molecule has 0 amide bonds. The van der Waals surface area contributed by atoms with Crippen LogP contribution < -0.4 is 11.4 Å². The molecule has 54 heavy (non-hydrogen) atoms. The molecule has 0 spiro atoms. The summed E-state index contributed by atoms with van der Waals surface area (Å²) in [4.78, 5) is 40.6. The molecule has 0 saturated carbocycles. The molecule has 2 unspecified atom stereocenters. The number of para-hydroxylation sites is 8. The van der Waals surface area contributed by atoms with Crippen LogP contribution in [0.5, 0.6) is 0 Å². The largest absolute Gasteiger partial charge is 0.461 e. The van der Waals surface area contributed by atoms with E-state index in [0.717, 1.165) is 44.1 Å². The van der Waals surface area contributed by atoms with E-state index in [-0.39, 0.29) is 222 Å². The summed E-state index contributed by atoms with van der Waals surface area (Å²) in [7, 11) is 4.89. The summed E-state index contributed by atoms with van der Waals surface area (Å²) in [6, 6.07) is 30.8. The van der Waals surface area contributed by atoms with Crippen LogP contribution in [0.1, 0.15) is 0 Å². The minimum Gasteiger partial charge on any atom is -0.461 e. The van der Waals surface area contributed by atoms with E-state index in [1.807, 2.05) is 97.1 Å². The number of benzene rings is 4. The molecule has 0 aliphatic rings. The van der Waals surface area contributed by atoms with E-state index in [2.05, 4.69) is 87.7 Å². The molecule has 284 valence electrons. The number of hydrogen-bond donors (Lipinski definition) is 4. The molecular formula is C32H32N8O2P2W10-2. The molecule has 22 heteroatoms. The molecule has 8 rings (SSSR count). The van der Waals surface area contributed by atoms with Crippen LogP contribution in [0.3, 0.4) is 0 Å². The standard InChI is InChI=1S/C7H7N2OP.C7H6N2O.C7H6N2P.C7H5N2.2C2H4.10W/c10-7-8-5-3-1-2-4-6(5)9(7)11;10-7-8-5-3-1-2-4-6(5)9-7;10-9-5-8-6-3-1-2-4-7(6)9;1-2-4-7-6(3-1)8-5-9-7;2*1-2;;;;;;;;;;/h1-4H,11H2,(H,8,10);1-4H,(H2,8,9,10);1-4H,10H2;1-4H,(H,8,9);2*1-2H2;;;;;;;;;;/q;;2*-1;;;;;;;;;;;;. The maximum atomic E-state index is 11.0. The Morgan fingerprint density at radius 3 is 1.37 bits per heavy atom. The fourth-order valence-electron chi connectivity index (χ4n) is 3.80. The van der Waals surface area contributed by atoms with Gasteiger partial charge in [-0.25, -0.2) is 9.59 Å². The molecule has 4 heterocycles. The maximum absolute atomic E-state index is 11.0. The van der Waals surface area contributed by atoms with Gasteiger partial charge in [-0.15, -0.1) is 50.6 Å². The Bertz CT molecular complexity index is 2120. The summed E-state index contributed by atoms with van der Waals surface area (Å²) in [5, 5.41) is 0. The predicted molar refractivity (Wildman–Crippen MR) is 188 cm³/mol. The van der Waals surface area contributed by atoms with E-state index in [0.29, 0.717) is 0 Å². The van der Waals surface area contributed by atoms with Gasteiger partial charge in [0, 0.05) is 217 Å². The summed E-state index contributed by atoms with van der Waals surface area (Å²) in [6.07, 6.45) is 5.47. The molecule has 0 bridgehead atoms. The molecule has 0 aliphatic heterocycles.